The quantitative estimate of drug-likeness (QED) is 0.284. The SMILES string of the molecule is CCN(CC)S(=O)(=O)c1ccc(C(=O)N(Cc2ccco2)c2nc3c(C(F)(F)F)cccc3s2)cc1. The van der Waals surface area contributed by atoms with E-state index in [-0.39, 0.29) is 32.4 Å². The van der Waals surface area contributed by atoms with Gasteiger partial charge in [0.1, 0.15) is 5.76 Å². The zero-order valence-corrected chi connectivity index (χ0v) is 21.0. The van der Waals surface area contributed by atoms with Gasteiger partial charge in [-0.3, -0.25) is 9.69 Å². The number of carbonyl (C=O) groups excluding carboxylic acids is 1. The van der Waals surface area contributed by atoms with Crippen LogP contribution in [-0.2, 0) is 22.7 Å². The van der Waals surface area contributed by atoms with E-state index in [9.17, 15) is 26.4 Å². The minimum atomic E-state index is -4.60. The van der Waals surface area contributed by atoms with E-state index in [1.165, 1.54) is 51.9 Å². The zero-order chi connectivity index (χ0) is 26.1. The number of rotatable bonds is 8. The van der Waals surface area contributed by atoms with Crippen molar-refractivity contribution in [2.24, 2.45) is 0 Å². The van der Waals surface area contributed by atoms with Crippen LogP contribution in [0.5, 0.6) is 0 Å². The molecule has 36 heavy (non-hydrogen) atoms. The van der Waals surface area contributed by atoms with Crippen molar-refractivity contribution in [1.29, 1.82) is 0 Å². The highest BCUT2D eigenvalue weighted by Crippen LogP contribution is 2.39. The first-order valence-electron chi connectivity index (χ1n) is 11.0. The lowest BCUT2D eigenvalue weighted by Gasteiger charge is -2.20. The van der Waals surface area contributed by atoms with Crippen molar-refractivity contribution in [1.82, 2.24) is 9.29 Å². The van der Waals surface area contributed by atoms with Gasteiger partial charge in [0.05, 0.1) is 33.5 Å². The van der Waals surface area contributed by atoms with Crippen LogP contribution in [0, 0.1) is 0 Å². The van der Waals surface area contributed by atoms with Gasteiger partial charge in [-0.15, -0.1) is 0 Å². The fraction of sp³-hybridized carbons (Fsp3) is 0.250. The fourth-order valence-electron chi connectivity index (χ4n) is 3.70. The second kappa shape index (κ2) is 10.0. The third-order valence-corrected chi connectivity index (χ3v) is 8.64. The molecule has 4 rings (SSSR count). The van der Waals surface area contributed by atoms with Crippen LogP contribution in [-0.4, -0.2) is 36.7 Å². The normalized spacial score (nSPS) is 12.4. The van der Waals surface area contributed by atoms with Crippen LogP contribution in [0.1, 0.15) is 35.5 Å². The van der Waals surface area contributed by atoms with Crippen LogP contribution in [0.4, 0.5) is 18.3 Å². The monoisotopic (exact) mass is 537 g/mol. The van der Waals surface area contributed by atoms with Gasteiger partial charge in [0.15, 0.2) is 5.13 Å². The molecule has 0 aliphatic heterocycles. The molecule has 7 nitrogen and oxygen atoms in total. The molecule has 0 spiro atoms. The topological polar surface area (TPSA) is 83.7 Å². The molecule has 0 unspecified atom stereocenters. The number of nitrogens with zero attached hydrogens (tertiary/aromatic N) is 3. The van der Waals surface area contributed by atoms with E-state index >= 15 is 0 Å². The smallest absolute Gasteiger partial charge is 0.418 e. The summed E-state index contributed by atoms with van der Waals surface area (Å²) in [6.45, 7) is 3.98. The molecule has 2 heterocycles. The Kier molecular flexibility index (Phi) is 7.21. The van der Waals surface area contributed by atoms with E-state index < -0.39 is 27.7 Å². The van der Waals surface area contributed by atoms with Gasteiger partial charge in [0.2, 0.25) is 10.0 Å². The zero-order valence-electron chi connectivity index (χ0n) is 19.3. The van der Waals surface area contributed by atoms with Gasteiger partial charge in [-0.1, -0.05) is 31.3 Å². The number of thiazole rings is 1. The van der Waals surface area contributed by atoms with Gasteiger partial charge in [-0.25, -0.2) is 13.4 Å². The second-order valence-electron chi connectivity index (χ2n) is 7.73. The van der Waals surface area contributed by atoms with E-state index in [1.807, 2.05) is 0 Å². The third kappa shape index (κ3) is 5.01. The van der Waals surface area contributed by atoms with Crippen LogP contribution in [0.3, 0.4) is 0 Å². The van der Waals surface area contributed by atoms with E-state index in [2.05, 4.69) is 4.98 Å². The number of anilines is 1. The number of para-hydroxylation sites is 1. The average Bonchev–Trinajstić information content (AvgIpc) is 3.51. The van der Waals surface area contributed by atoms with Crippen molar-refractivity contribution in [2.75, 3.05) is 18.0 Å². The summed E-state index contributed by atoms with van der Waals surface area (Å²) < 4.78 is 73.0. The molecule has 190 valence electrons. The van der Waals surface area contributed by atoms with Crippen LogP contribution < -0.4 is 4.90 Å². The summed E-state index contributed by atoms with van der Waals surface area (Å²) in [4.78, 5) is 18.9. The lowest BCUT2D eigenvalue weighted by molar-refractivity contribution is -0.136. The number of halogens is 3. The highest BCUT2D eigenvalue weighted by atomic mass is 32.2. The summed E-state index contributed by atoms with van der Waals surface area (Å²) in [6.07, 6.45) is -3.18. The number of furan rings is 1. The van der Waals surface area contributed by atoms with Crippen molar-refractivity contribution in [3.63, 3.8) is 0 Å². The first-order chi connectivity index (χ1) is 17.1. The Labute approximate surface area is 209 Å². The highest BCUT2D eigenvalue weighted by Gasteiger charge is 2.34. The lowest BCUT2D eigenvalue weighted by Crippen LogP contribution is -2.31. The summed E-state index contributed by atoms with van der Waals surface area (Å²) >= 11 is 0.948. The second-order valence-corrected chi connectivity index (χ2v) is 10.7. The fourth-order valence-corrected chi connectivity index (χ4v) is 6.15. The van der Waals surface area contributed by atoms with E-state index in [1.54, 1.807) is 26.0 Å². The van der Waals surface area contributed by atoms with E-state index in [0.717, 1.165) is 17.4 Å². The number of amides is 1. The maximum Gasteiger partial charge on any atom is 0.418 e. The Hall–Kier alpha value is -3.22. The Morgan fingerprint density at radius 1 is 1.03 bits per heavy atom. The summed E-state index contributed by atoms with van der Waals surface area (Å²) in [6, 6.07) is 12.4. The summed E-state index contributed by atoms with van der Waals surface area (Å²) in [5, 5.41) is 0.0583. The van der Waals surface area contributed by atoms with Crippen molar-refractivity contribution in [3.8, 4) is 0 Å². The van der Waals surface area contributed by atoms with E-state index in [0.29, 0.717) is 18.8 Å². The van der Waals surface area contributed by atoms with Crippen molar-refractivity contribution >= 4 is 42.6 Å². The van der Waals surface area contributed by atoms with Crippen molar-refractivity contribution in [3.05, 3.63) is 77.7 Å². The molecule has 0 N–H and O–H groups in total. The van der Waals surface area contributed by atoms with Gasteiger partial charge in [-0.2, -0.15) is 17.5 Å². The maximum atomic E-state index is 13.5. The van der Waals surface area contributed by atoms with Crippen LogP contribution >= 0.6 is 11.3 Å². The van der Waals surface area contributed by atoms with Crippen molar-refractivity contribution < 1.29 is 30.8 Å². The lowest BCUT2D eigenvalue weighted by atomic mass is 10.2. The molecule has 2 aromatic carbocycles. The van der Waals surface area contributed by atoms with Crippen LogP contribution in [0.25, 0.3) is 10.2 Å². The maximum absolute atomic E-state index is 13.5. The Morgan fingerprint density at radius 2 is 1.72 bits per heavy atom. The molecule has 4 aromatic rings. The van der Waals surface area contributed by atoms with Crippen molar-refractivity contribution in [2.45, 2.75) is 31.5 Å². The predicted molar refractivity (Wildman–Crippen MR) is 130 cm³/mol. The minimum absolute atomic E-state index is 0.0372. The molecule has 1 amide bonds. The van der Waals surface area contributed by atoms with E-state index in [4.69, 9.17) is 4.42 Å². The summed E-state index contributed by atoms with van der Waals surface area (Å²) in [5.41, 5.74) is -0.989. The van der Waals surface area contributed by atoms with Gasteiger partial charge >= 0.3 is 6.18 Å². The largest absolute Gasteiger partial charge is 0.467 e. The average molecular weight is 538 g/mol. The number of aromatic nitrogens is 1. The highest BCUT2D eigenvalue weighted by molar-refractivity contribution is 7.89. The van der Waals surface area contributed by atoms with Crippen LogP contribution in [0.2, 0.25) is 0 Å². The number of hydrogen-bond donors (Lipinski definition) is 0. The first kappa shape index (κ1) is 25.9. The van der Waals surface area contributed by atoms with Gasteiger partial charge in [0.25, 0.3) is 5.91 Å². The summed E-state index contributed by atoms with van der Waals surface area (Å²) in [5.74, 6) is -0.162. The number of carbonyl (C=O) groups is 1. The molecule has 0 atom stereocenters. The molecule has 0 fully saturated rings. The molecule has 0 bridgehead atoms. The number of alkyl halides is 3. The number of benzene rings is 2. The molecule has 0 radical (unpaired) electrons. The number of sulfonamides is 1. The van der Waals surface area contributed by atoms with Gasteiger partial charge in [-0.05, 0) is 48.5 Å². The predicted octanol–water partition coefficient (Wildman–Crippen LogP) is 5.79. The van der Waals surface area contributed by atoms with Crippen LogP contribution in [0.15, 0.2) is 70.2 Å². The first-order valence-corrected chi connectivity index (χ1v) is 13.2. The molecule has 0 aliphatic carbocycles. The van der Waals surface area contributed by atoms with Gasteiger partial charge in [0, 0.05) is 18.7 Å². The molecular formula is C24H22F3N3O4S2. The molecule has 0 saturated carbocycles. The molecule has 12 heteroatoms. The number of fused-ring (bicyclic) bond motifs is 1. The minimum Gasteiger partial charge on any atom is -0.467 e. The molecule has 0 saturated heterocycles. The third-order valence-electron chi connectivity index (χ3n) is 5.53. The summed E-state index contributed by atoms with van der Waals surface area (Å²) in [7, 11) is -3.72. The molecule has 2 aromatic heterocycles. The molecule has 0 aliphatic rings. The molecular weight excluding hydrogens is 515 g/mol. The standard InChI is InChI=1S/C24H22F3N3O4S2/c1-3-29(4-2)36(32,33)18-12-10-16(11-13-18)22(31)30(15-17-7-6-14-34-17)23-28-21-19(24(25,26)27)8-5-9-20(21)35-23/h5-14H,3-4,15H2,1-2H3. The Balaban J connectivity index is 1.74. The Bertz CT molecular complexity index is 1460. The Morgan fingerprint density at radius 3 is 2.31 bits per heavy atom. The number of hydrogen-bond acceptors (Lipinski definition) is 6. The van der Waals surface area contributed by atoms with Gasteiger partial charge < -0.3 is 4.42 Å².